The Morgan fingerprint density at radius 3 is 1.81 bits per heavy atom. The van der Waals surface area contributed by atoms with Crippen LogP contribution in [0.3, 0.4) is 0 Å². The summed E-state index contributed by atoms with van der Waals surface area (Å²) in [5.41, 5.74) is 3.56. The highest BCUT2D eigenvalue weighted by molar-refractivity contribution is 6.31. The van der Waals surface area contributed by atoms with E-state index in [4.69, 9.17) is 11.6 Å². The van der Waals surface area contributed by atoms with E-state index < -0.39 is 0 Å². The van der Waals surface area contributed by atoms with E-state index in [1.165, 1.54) is 18.2 Å². The van der Waals surface area contributed by atoms with Crippen molar-refractivity contribution in [1.29, 1.82) is 0 Å². The number of hydrogen-bond acceptors (Lipinski definition) is 7. The molecule has 3 aromatic rings. The molecule has 3 aromatic carbocycles. The Morgan fingerprint density at radius 2 is 1.30 bits per heavy atom. The number of hydrogen-bond donors (Lipinski definition) is 6. The first-order chi connectivity index (χ1) is 18.0. The molecule has 0 bridgehead atoms. The molecule has 0 saturated heterocycles. The van der Waals surface area contributed by atoms with E-state index in [2.05, 4.69) is 43.0 Å². The molecule has 2 heterocycles. The van der Waals surface area contributed by atoms with Gasteiger partial charge in [-0.3, -0.25) is 14.6 Å². The molecule has 2 aliphatic rings. The molecule has 0 fully saturated rings. The molecule has 37 heavy (non-hydrogen) atoms. The van der Waals surface area contributed by atoms with E-state index in [1.807, 2.05) is 36.4 Å². The van der Waals surface area contributed by atoms with Crippen LogP contribution in [0, 0.1) is 0 Å². The van der Waals surface area contributed by atoms with Crippen molar-refractivity contribution in [3.05, 3.63) is 94.8 Å². The first-order valence-corrected chi connectivity index (χ1v) is 12.3. The number of carbonyl (C=O) groups excluding carboxylic acids is 2. The standard InChI is InChI=1S/C27H26ClN7O2/c28-19-15-17(25(36)33-21-5-3-20(4-6-21)32-24-2-1-11-29-24)14-18(16-19)26(37)34-22-7-9-23(10-8-22)35-27-30-12-13-31-27/h2-10,14-16,29,32H,1,11-13H2,(H,33,36)(H,34,37)(H2,30,31,35). The monoisotopic (exact) mass is 515 g/mol. The Bertz CT molecular complexity index is 1270. The number of nitrogens with one attached hydrogen (secondary N) is 6. The van der Waals surface area contributed by atoms with Gasteiger partial charge in [0.15, 0.2) is 5.96 Å². The summed E-state index contributed by atoms with van der Waals surface area (Å²) in [7, 11) is 0. The molecule has 9 nitrogen and oxygen atoms in total. The molecule has 2 aliphatic heterocycles. The Labute approximate surface area is 219 Å². The fraction of sp³-hybridized carbons (Fsp3) is 0.148. The van der Waals surface area contributed by atoms with Crippen LogP contribution in [0.2, 0.25) is 5.02 Å². The molecule has 188 valence electrons. The van der Waals surface area contributed by atoms with Crippen LogP contribution in [0.25, 0.3) is 0 Å². The average Bonchev–Trinajstić information content (AvgIpc) is 3.61. The van der Waals surface area contributed by atoms with Crippen LogP contribution < -0.4 is 31.9 Å². The van der Waals surface area contributed by atoms with Gasteiger partial charge >= 0.3 is 0 Å². The van der Waals surface area contributed by atoms with E-state index >= 15 is 0 Å². The largest absolute Gasteiger partial charge is 0.372 e. The second kappa shape index (κ2) is 11.0. The zero-order chi connectivity index (χ0) is 25.6. The number of nitrogens with zero attached hydrogens (tertiary/aromatic N) is 1. The average molecular weight is 516 g/mol. The lowest BCUT2D eigenvalue weighted by Crippen LogP contribution is -2.26. The minimum absolute atomic E-state index is 0.279. The summed E-state index contributed by atoms with van der Waals surface area (Å²) < 4.78 is 0. The van der Waals surface area contributed by atoms with Crippen LogP contribution >= 0.6 is 11.6 Å². The lowest BCUT2D eigenvalue weighted by molar-refractivity contribution is 0.102. The summed E-state index contributed by atoms with van der Waals surface area (Å²) in [5.74, 6) is 0.972. The van der Waals surface area contributed by atoms with E-state index in [9.17, 15) is 9.59 Å². The van der Waals surface area contributed by atoms with Crippen LogP contribution in [0.5, 0.6) is 0 Å². The molecule has 0 aromatic heterocycles. The van der Waals surface area contributed by atoms with Crippen molar-refractivity contribution in [3.63, 3.8) is 0 Å². The van der Waals surface area contributed by atoms with Gasteiger partial charge in [0.1, 0.15) is 0 Å². The quantitative estimate of drug-likeness (QED) is 0.276. The fourth-order valence-electron chi connectivity index (χ4n) is 3.90. The molecule has 0 aliphatic carbocycles. The third-order valence-corrected chi connectivity index (χ3v) is 5.95. The minimum atomic E-state index is -0.371. The minimum Gasteiger partial charge on any atom is -0.372 e. The van der Waals surface area contributed by atoms with Gasteiger partial charge < -0.3 is 31.9 Å². The Hall–Kier alpha value is -4.50. The third-order valence-electron chi connectivity index (χ3n) is 5.73. The topological polar surface area (TPSA) is 119 Å². The number of benzene rings is 3. The molecule has 0 radical (unpaired) electrons. The van der Waals surface area contributed by atoms with Crippen molar-refractivity contribution in [2.24, 2.45) is 4.99 Å². The number of guanidine groups is 1. The molecule has 10 heteroatoms. The molecule has 0 spiro atoms. The molecule has 2 amide bonds. The summed E-state index contributed by atoms with van der Waals surface area (Å²) in [6.07, 6.45) is 3.09. The zero-order valence-electron chi connectivity index (χ0n) is 19.9. The predicted octanol–water partition coefficient (Wildman–Crippen LogP) is 4.46. The summed E-state index contributed by atoms with van der Waals surface area (Å²) in [6.45, 7) is 2.49. The molecular weight excluding hydrogens is 490 g/mol. The van der Waals surface area contributed by atoms with E-state index in [0.717, 1.165) is 49.2 Å². The van der Waals surface area contributed by atoms with Crippen LogP contribution in [0.4, 0.5) is 22.7 Å². The summed E-state index contributed by atoms with van der Waals surface area (Å²) in [4.78, 5) is 30.1. The highest BCUT2D eigenvalue weighted by Crippen LogP contribution is 2.21. The normalized spacial score (nSPS) is 14.1. The van der Waals surface area contributed by atoms with E-state index in [-0.39, 0.29) is 22.9 Å². The molecule has 0 saturated carbocycles. The lowest BCUT2D eigenvalue weighted by Gasteiger charge is -2.11. The first-order valence-electron chi connectivity index (χ1n) is 11.9. The SMILES string of the molecule is O=C(Nc1ccc(NC2=CCCN2)cc1)c1cc(Cl)cc(C(=O)Nc2ccc(NC3=NCCN3)cc2)c1. The van der Waals surface area contributed by atoms with Crippen molar-refractivity contribution in [2.45, 2.75) is 6.42 Å². The molecule has 0 unspecified atom stereocenters. The van der Waals surface area contributed by atoms with Gasteiger partial charge in [0.25, 0.3) is 11.8 Å². The summed E-state index contributed by atoms with van der Waals surface area (Å²) in [6, 6.07) is 19.2. The number of amides is 2. The van der Waals surface area contributed by atoms with Crippen LogP contribution in [0.1, 0.15) is 27.1 Å². The summed E-state index contributed by atoms with van der Waals surface area (Å²) >= 11 is 6.24. The number of aliphatic imine (C=N–C) groups is 1. The smallest absolute Gasteiger partial charge is 0.255 e. The van der Waals surface area contributed by atoms with Crippen LogP contribution in [0.15, 0.2) is 83.6 Å². The fourth-order valence-corrected chi connectivity index (χ4v) is 4.13. The maximum absolute atomic E-state index is 12.9. The van der Waals surface area contributed by atoms with Gasteiger partial charge in [-0.2, -0.15) is 0 Å². The van der Waals surface area contributed by atoms with Gasteiger partial charge in [0.2, 0.25) is 0 Å². The Balaban J connectivity index is 1.21. The number of carbonyl (C=O) groups is 2. The van der Waals surface area contributed by atoms with Gasteiger partial charge in [0.05, 0.1) is 12.4 Å². The highest BCUT2D eigenvalue weighted by atomic mass is 35.5. The van der Waals surface area contributed by atoms with Crippen molar-refractivity contribution < 1.29 is 9.59 Å². The predicted molar refractivity (Wildman–Crippen MR) is 148 cm³/mol. The summed E-state index contributed by atoms with van der Waals surface area (Å²) in [5, 5.41) is 18.8. The Morgan fingerprint density at radius 1 is 0.730 bits per heavy atom. The lowest BCUT2D eigenvalue weighted by atomic mass is 10.1. The number of anilines is 4. The maximum atomic E-state index is 12.9. The third kappa shape index (κ3) is 6.39. The molecule has 5 rings (SSSR count). The van der Waals surface area contributed by atoms with Gasteiger partial charge in [-0.25, -0.2) is 0 Å². The Kier molecular flexibility index (Phi) is 7.23. The van der Waals surface area contributed by atoms with Gasteiger partial charge in [-0.05, 0) is 79.2 Å². The van der Waals surface area contributed by atoms with Crippen molar-refractivity contribution in [1.82, 2.24) is 10.6 Å². The van der Waals surface area contributed by atoms with Gasteiger partial charge in [-0.1, -0.05) is 11.6 Å². The molecular formula is C27H26ClN7O2. The number of rotatable bonds is 7. The van der Waals surface area contributed by atoms with Crippen molar-refractivity contribution in [3.8, 4) is 0 Å². The van der Waals surface area contributed by atoms with Crippen LogP contribution in [-0.2, 0) is 0 Å². The second-order valence-corrected chi connectivity index (χ2v) is 8.97. The highest BCUT2D eigenvalue weighted by Gasteiger charge is 2.14. The second-order valence-electron chi connectivity index (χ2n) is 8.53. The maximum Gasteiger partial charge on any atom is 0.255 e. The van der Waals surface area contributed by atoms with Crippen molar-refractivity contribution in [2.75, 3.05) is 40.9 Å². The number of halogens is 1. The van der Waals surface area contributed by atoms with Gasteiger partial charge in [0, 0.05) is 52.0 Å². The molecule has 6 N–H and O–H groups in total. The first kappa shape index (κ1) is 24.2. The van der Waals surface area contributed by atoms with Crippen LogP contribution in [-0.4, -0.2) is 37.4 Å². The molecule has 0 atom stereocenters. The zero-order valence-corrected chi connectivity index (χ0v) is 20.7. The van der Waals surface area contributed by atoms with E-state index in [1.54, 1.807) is 12.1 Å². The van der Waals surface area contributed by atoms with Gasteiger partial charge in [-0.15, -0.1) is 0 Å². The van der Waals surface area contributed by atoms with Crippen molar-refractivity contribution >= 4 is 52.1 Å². The van der Waals surface area contributed by atoms with E-state index in [0.29, 0.717) is 16.4 Å².